The van der Waals surface area contributed by atoms with Gasteiger partial charge in [-0.25, -0.2) is 0 Å². The summed E-state index contributed by atoms with van der Waals surface area (Å²) in [6, 6.07) is 0. The van der Waals surface area contributed by atoms with Gasteiger partial charge in [0, 0.05) is 6.42 Å². The fourth-order valence-corrected chi connectivity index (χ4v) is 2.88. The van der Waals surface area contributed by atoms with Gasteiger partial charge in [-0.3, -0.25) is 4.79 Å². The standard InChI is InChI=1S/C15H26O/c1-3-6-13-9-11-14(12-10-13)7-5-8-15(16)4-2/h4,13-14H,2-3,5-12H2,1H3. The molecule has 1 heteroatoms. The summed E-state index contributed by atoms with van der Waals surface area (Å²) in [4.78, 5) is 11.1. The minimum Gasteiger partial charge on any atom is -0.295 e. The van der Waals surface area contributed by atoms with E-state index in [9.17, 15) is 4.79 Å². The molecule has 1 nitrogen and oxygen atoms in total. The molecule has 0 unspecified atom stereocenters. The molecule has 16 heavy (non-hydrogen) atoms. The summed E-state index contributed by atoms with van der Waals surface area (Å²) in [5.74, 6) is 2.10. The Morgan fingerprint density at radius 3 is 2.25 bits per heavy atom. The van der Waals surface area contributed by atoms with Crippen molar-refractivity contribution in [3.05, 3.63) is 12.7 Å². The van der Waals surface area contributed by atoms with E-state index in [0.717, 1.165) is 18.3 Å². The van der Waals surface area contributed by atoms with Crippen molar-refractivity contribution in [2.24, 2.45) is 11.8 Å². The van der Waals surface area contributed by atoms with Crippen LogP contribution in [-0.2, 0) is 4.79 Å². The molecular weight excluding hydrogens is 196 g/mol. The first-order valence-corrected chi connectivity index (χ1v) is 6.91. The van der Waals surface area contributed by atoms with E-state index in [1.54, 1.807) is 0 Å². The van der Waals surface area contributed by atoms with Gasteiger partial charge in [0.25, 0.3) is 0 Å². The Morgan fingerprint density at radius 2 is 1.75 bits per heavy atom. The molecule has 0 aromatic carbocycles. The van der Waals surface area contributed by atoms with Gasteiger partial charge < -0.3 is 0 Å². The van der Waals surface area contributed by atoms with E-state index in [1.807, 2.05) is 0 Å². The molecule has 92 valence electrons. The van der Waals surface area contributed by atoms with Gasteiger partial charge >= 0.3 is 0 Å². The second-order valence-corrected chi connectivity index (χ2v) is 5.24. The van der Waals surface area contributed by atoms with E-state index in [4.69, 9.17) is 0 Å². The molecule has 0 radical (unpaired) electrons. The van der Waals surface area contributed by atoms with Crippen molar-refractivity contribution in [2.75, 3.05) is 0 Å². The van der Waals surface area contributed by atoms with E-state index in [1.165, 1.54) is 51.0 Å². The number of allylic oxidation sites excluding steroid dienone is 1. The van der Waals surface area contributed by atoms with Crippen LogP contribution in [-0.4, -0.2) is 5.78 Å². The van der Waals surface area contributed by atoms with Crippen LogP contribution in [0.1, 0.15) is 64.7 Å². The zero-order chi connectivity index (χ0) is 11.8. The molecular formula is C15H26O. The summed E-state index contributed by atoms with van der Waals surface area (Å²) < 4.78 is 0. The number of rotatable bonds is 7. The number of carbonyl (C=O) groups is 1. The predicted molar refractivity (Wildman–Crippen MR) is 69.4 cm³/mol. The third-order valence-corrected chi connectivity index (χ3v) is 3.93. The second kappa shape index (κ2) is 7.65. The van der Waals surface area contributed by atoms with Gasteiger partial charge in [-0.15, -0.1) is 0 Å². The lowest BCUT2D eigenvalue weighted by Gasteiger charge is -2.28. The van der Waals surface area contributed by atoms with Crippen LogP contribution in [0.3, 0.4) is 0 Å². The average molecular weight is 222 g/mol. The van der Waals surface area contributed by atoms with Gasteiger partial charge in [0.1, 0.15) is 0 Å². The molecule has 1 aliphatic rings. The third kappa shape index (κ3) is 4.96. The predicted octanol–water partition coefficient (Wildman–Crippen LogP) is 4.52. The maximum Gasteiger partial charge on any atom is 0.155 e. The largest absolute Gasteiger partial charge is 0.295 e. The first-order chi connectivity index (χ1) is 7.76. The number of hydrogen-bond acceptors (Lipinski definition) is 1. The molecule has 0 spiro atoms. The van der Waals surface area contributed by atoms with E-state index >= 15 is 0 Å². The summed E-state index contributed by atoms with van der Waals surface area (Å²) in [6.07, 6.45) is 12.9. The number of ketones is 1. The highest BCUT2D eigenvalue weighted by molar-refractivity contribution is 5.88. The second-order valence-electron chi connectivity index (χ2n) is 5.24. The van der Waals surface area contributed by atoms with Crippen LogP contribution >= 0.6 is 0 Å². The highest BCUT2D eigenvalue weighted by Crippen LogP contribution is 2.33. The van der Waals surface area contributed by atoms with Crippen molar-refractivity contribution in [1.29, 1.82) is 0 Å². The van der Waals surface area contributed by atoms with Gasteiger partial charge in [0.2, 0.25) is 0 Å². The lowest BCUT2D eigenvalue weighted by atomic mass is 9.78. The minimum absolute atomic E-state index is 0.208. The minimum atomic E-state index is 0.208. The first-order valence-electron chi connectivity index (χ1n) is 6.91. The van der Waals surface area contributed by atoms with Crippen molar-refractivity contribution in [3.63, 3.8) is 0 Å². The molecule has 1 fully saturated rings. The smallest absolute Gasteiger partial charge is 0.155 e. The molecule has 0 aromatic rings. The summed E-state index contributed by atoms with van der Waals surface area (Å²) in [7, 11) is 0. The zero-order valence-electron chi connectivity index (χ0n) is 10.7. The van der Waals surface area contributed by atoms with Crippen LogP contribution in [0.25, 0.3) is 0 Å². The molecule has 0 N–H and O–H groups in total. The summed E-state index contributed by atoms with van der Waals surface area (Å²) in [5.41, 5.74) is 0. The topological polar surface area (TPSA) is 17.1 Å². The number of hydrogen-bond donors (Lipinski definition) is 0. The Hall–Kier alpha value is -0.590. The average Bonchev–Trinajstić information content (AvgIpc) is 2.31. The Labute approximate surface area is 100 Å². The van der Waals surface area contributed by atoms with Crippen molar-refractivity contribution in [2.45, 2.75) is 64.7 Å². The van der Waals surface area contributed by atoms with Crippen molar-refractivity contribution in [1.82, 2.24) is 0 Å². The maximum absolute atomic E-state index is 11.1. The van der Waals surface area contributed by atoms with Crippen LogP contribution in [0.15, 0.2) is 12.7 Å². The van der Waals surface area contributed by atoms with Crippen molar-refractivity contribution in [3.8, 4) is 0 Å². The Balaban J connectivity index is 2.08. The third-order valence-electron chi connectivity index (χ3n) is 3.93. The lowest BCUT2D eigenvalue weighted by Crippen LogP contribution is -2.14. The highest BCUT2D eigenvalue weighted by atomic mass is 16.1. The maximum atomic E-state index is 11.1. The molecule has 1 rings (SSSR count). The molecule has 0 atom stereocenters. The zero-order valence-corrected chi connectivity index (χ0v) is 10.7. The monoisotopic (exact) mass is 222 g/mol. The summed E-state index contributed by atoms with van der Waals surface area (Å²) >= 11 is 0. The molecule has 0 aliphatic heterocycles. The van der Waals surface area contributed by atoms with E-state index in [0.29, 0.717) is 6.42 Å². The van der Waals surface area contributed by atoms with E-state index in [-0.39, 0.29) is 5.78 Å². The van der Waals surface area contributed by atoms with E-state index in [2.05, 4.69) is 13.5 Å². The molecule has 1 saturated carbocycles. The molecule has 0 bridgehead atoms. The van der Waals surface area contributed by atoms with Crippen LogP contribution in [0, 0.1) is 11.8 Å². The summed E-state index contributed by atoms with van der Waals surface area (Å²) in [6.45, 7) is 5.79. The molecule has 0 saturated heterocycles. The van der Waals surface area contributed by atoms with Crippen LogP contribution in [0.2, 0.25) is 0 Å². The fraction of sp³-hybridized carbons (Fsp3) is 0.800. The lowest BCUT2D eigenvalue weighted by molar-refractivity contribution is -0.114. The Kier molecular flexibility index (Phi) is 6.44. The fourth-order valence-electron chi connectivity index (χ4n) is 2.88. The van der Waals surface area contributed by atoms with Crippen LogP contribution in [0.5, 0.6) is 0 Å². The number of carbonyl (C=O) groups excluding carboxylic acids is 1. The Bertz CT molecular complexity index is 211. The Morgan fingerprint density at radius 1 is 1.19 bits per heavy atom. The van der Waals surface area contributed by atoms with Crippen molar-refractivity contribution >= 4 is 5.78 Å². The van der Waals surface area contributed by atoms with Crippen LogP contribution < -0.4 is 0 Å². The highest BCUT2D eigenvalue weighted by Gasteiger charge is 2.20. The summed E-state index contributed by atoms with van der Waals surface area (Å²) in [5, 5.41) is 0. The first kappa shape index (κ1) is 13.5. The molecule has 0 heterocycles. The van der Waals surface area contributed by atoms with Gasteiger partial charge in [0.15, 0.2) is 5.78 Å². The molecule has 0 amide bonds. The van der Waals surface area contributed by atoms with Crippen LogP contribution in [0.4, 0.5) is 0 Å². The SMILES string of the molecule is C=CC(=O)CCCC1CCC(CCC)CC1. The van der Waals surface area contributed by atoms with Crippen molar-refractivity contribution < 1.29 is 4.79 Å². The van der Waals surface area contributed by atoms with Gasteiger partial charge in [0.05, 0.1) is 0 Å². The van der Waals surface area contributed by atoms with Gasteiger partial charge in [-0.2, -0.15) is 0 Å². The van der Waals surface area contributed by atoms with Gasteiger partial charge in [-0.1, -0.05) is 58.4 Å². The van der Waals surface area contributed by atoms with Gasteiger partial charge in [-0.05, 0) is 24.3 Å². The van der Waals surface area contributed by atoms with E-state index < -0.39 is 0 Å². The molecule has 0 aromatic heterocycles. The normalized spacial score (nSPS) is 25.3. The molecule has 1 aliphatic carbocycles. The quantitative estimate of drug-likeness (QED) is 0.579.